The molecular formula is C13H13ClF3NO3S. The molecule has 0 saturated carbocycles. The quantitative estimate of drug-likeness (QED) is 0.768. The van der Waals surface area contributed by atoms with Crippen molar-refractivity contribution in [3.63, 3.8) is 0 Å². The molecule has 9 heteroatoms. The average molecular weight is 356 g/mol. The van der Waals surface area contributed by atoms with Crippen LogP contribution in [0, 0.1) is 0 Å². The van der Waals surface area contributed by atoms with E-state index in [2.05, 4.69) is 0 Å². The van der Waals surface area contributed by atoms with E-state index in [9.17, 15) is 22.8 Å². The number of aliphatic carboxylic acids is 1. The van der Waals surface area contributed by atoms with Gasteiger partial charge < -0.3 is 10.4 Å². The molecule has 2 atom stereocenters. The van der Waals surface area contributed by atoms with Crippen LogP contribution in [-0.4, -0.2) is 34.5 Å². The van der Waals surface area contributed by atoms with Crippen LogP contribution in [0.5, 0.6) is 0 Å². The molecule has 0 spiro atoms. The van der Waals surface area contributed by atoms with Crippen molar-refractivity contribution in [3.05, 3.63) is 29.3 Å². The maximum absolute atomic E-state index is 12.3. The van der Waals surface area contributed by atoms with Crippen molar-refractivity contribution in [1.82, 2.24) is 5.32 Å². The minimum absolute atomic E-state index is 0.400. The van der Waals surface area contributed by atoms with E-state index in [-0.39, 0.29) is 0 Å². The SMILES string of the molecule is CC(Sc1ccccc1Cl)C(=O)NC(CC(F)(F)F)C(=O)O. The first-order valence-electron chi connectivity index (χ1n) is 6.11. The van der Waals surface area contributed by atoms with Crippen LogP contribution < -0.4 is 5.32 Å². The van der Waals surface area contributed by atoms with Crippen molar-refractivity contribution in [2.24, 2.45) is 0 Å². The summed E-state index contributed by atoms with van der Waals surface area (Å²) in [5, 5.41) is 10.3. The Morgan fingerprint density at radius 2 is 1.95 bits per heavy atom. The predicted molar refractivity (Wildman–Crippen MR) is 77.0 cm³/mol. The number of hydrogen-bond donors (Lipinski definition) is 2. The summed E-state index contributed by atoms with van der Waals surface area (Å²) in [7, 11) is 0. The molecule has 0 aromatic heterocycles. The highest BCUT2D eigenvalue weighted by Gasteiger charge is 2.36. The van der Waals surface area contributed by atoms with Gasteiger partial charge in [-0.15, -0.1) is 11.8 Å². The minimum Gasteiger partial charge on any atom is -0.480 e. The Bertz CT molecular complexity index is 554. The van der Waals surface area contributed by atoms with Gasteiger partial charge in [0.2, 0.25) is 5.91 Å². The number of benzene rings is 1. The highest BCUT2D eigenvalue weighted by molar-refractivity contribution is 8.00. The van der Waals surface area contributed by atoms with E-state index in [1.807, 2.05) is 5.32 Å². The number of rotatable bonds is 6. The van der Waals surface area contributed by atoms with Gasteiger partial charge in [0.05, 0.1) is 16.7 Å². The molecule has 2 N–H and O–H groups in total. The monoisotopic (exact) mass is 355 g/mol. The number of nitrogens with one attached hydrogen (secondary N) is 1. The van der Waals surface area contributed by atoms with Crippen LogP contribution in [0.2, 0.25) is 5.02 Å². The van der Waals surface area contributed by atoms with Gasteiger partial charge >= 0.3 is 12.1 Å². The molecule has 1 rings (SSSR count). The highest BCUT2D eigenvalue weighted by Crippen LogP contribution is 2.30. The van der Waals surface area contributed by atoms with E-state index in [1.54, 1.807) is 24.3 Å². The number of amides is 1. The molecule has 0 saturated heterocycles. The number of alkyl halides is 3. The maximum atomic E-state index is 12.3. The summed E-state index contributed by atoms with van der Waals surface area (Å²) in [4.78, 5) is 23.2. The smallest absolute Gasteiger partial charge is 0.391 e. The molecule has 122 valence electrons. The lowest BCUT2D eigenvalue weighted by atomic mass is 10.2. The first-order chi connectivity index (χ1) is 10.1. The van der Waals surface area contributed by atoms with Crippen molar-refractivity contribution in [3.8, 4) is 0 Å². The Morgan fingerprint density at radius 1 is 1.36 bits per heavy atom. The Hall–Kier alpha value is -1.41. The van der Waals surface area contributed by atoms with Gasteiger partial charge in [-0.1, -0.05) is 23.7 Å². The fraction of sp³-hybridized carbons (Fsp3) is 0.385. The second-order valence-electron chi connectivity index (χ2n) is 4.41. The number of carbonyl (C=O) groups is 2. The van der Waals surface area contributed by atoms with Crippen LogP contribution in [0.25, 0.3) is 0 Å². The number of carbonyl (C=O) groups excluding carboxylic acids is 1. The van der Waals surface area contributed by atoms with E-state index >= 15 is 0 Å². The lowest BCUT2D eigenvalue weighted by Gasteiger charge is -2.19. The molecule has 4 nitrogen and oxygen atoms in total. The molecule has 0 heterocycles. The number of carboxylic acid groups (broad SMARTS) is 1. The molecular weight excluding hydrogens is 343 g/mol. The van der Waals surface area contributed by atoms with Crippen molar-refractivity contribution in [2.45, 2.75) is 35.7 Å². The standard InChI is InChI=1S/C13H13ClF3NO3S/c1-7(22-10-5-3-2-4-8(10)14)11(19)18-9(12(20)21)6-13(15,16)17/h2-5,7,9H,6H2,1H3,(H,18,19)(H,20,21). The van der Waals surface area contributed by atoms with Gasteiger partial charge in [-0.2, -0.15) is 13.2 Å². The van der Waals surface area contributed by atoms with Gasteiger partial charge in [0.25, 0.3) is 0 Å². The summed E-state index contributed by atoms with van der Waals surface area (Å²) in [5.41, 5.74) is 0. The Kier molecular flexibility index (Phi) is 6.55. The maximum Gasteiger partial charge on any atom is 0.391 e. The van der Waals surface area contributed by atoms with Gasteiger partial charge in [-0.05, 0) is 19.1 Å². The number of halogens is 4. The first-order valence-corrected chi connectivity index (χ1v) is 7.37. The zero-order valence-electron chi connectivity index (χ0n) is 11.4. The third-order valence-electron chi connectivity index (χ3n) is 2.56. The summed E-state index contributed by atoms with van der Waals surface area (Å²) in [5.74, 6) is -2.54. The molecule has 0 aliphatic carbocycles. The van der Waals surface area contributed by atoms with Crippen LogP contribution in [0.15, 0.2) is 29.2 Å². The highest BCUT2D eigenvalue weighted by atomic mass is 35.5. The number of thioether (sulfide) groups is 1. The van der Waals surface area contributed by atoms with Crippen molar-refractivity contribution in [2.75, 3.05) is 0 Å². The van der Waals surface area contributed by atoms with Crippen molar-refractivity contribution < 1.29 is 27.9 Å². The van der Waals surface area contributed by atoms with Gasteiger partial charge in [0.15, 0.2) is 0 Å². The van der Waals surface area contributed by atoms with Gasteiger partial charge in [0.1, 0.15) is 6.04 Å². The molecule has 2 unspecified atom stereocenters. The number of hydrogen-bond acceptors (Lipinski definition) is 3. The zero-order valence-corrected chi connectivity index (χ0v) is 12.9. The molecule has 22 heavy (non-hydrogen) atoms. The van der Waals surface area contributed by atoms with E-state index in [0.29, 0.717) is 9.92 Å². The summed E-state index contributed by atoms with van der Waals surface area (Å²) < 4.78 is 36.8. The van der Waals surface area contributed by atoms with Gasteiger partial charge in [-0.3, -0.25) is 4.79 Å². The minimum atomic E-state index is -4.69. The Morgan fingerprint density at radius 3 is 2.45 bits per heavy atom. The van der Waals surface area contributed by atoms with E-state index in [4.69, 9.17) is 16.7 Å². The number of carboxylic acids is 1. The summed E-state index contributed by atoms with van der Waals surface area (Å²) >= 11 is 6.95. The average Bonchev–Trinajstić information content (AvgIpc) is 2.38. The third-order valence-corrected chi connectivity index (χ3v) is 4.18. The third kappa shape index (κ3) is 6.15. The molecule has 1 aromatic carbocycles. The summed E-state index contributed by atoms with van der Waals surface area (Å²) in [6, 6.07) is 4.64. The molecule has 0 bridgehead atoms. The second kappa shape index (κ2) is 7.73. The lowest BCUT2D eigenvalue weighted by Crippen LogP contribution is -2.46. The first kappa shape index (κ1) is 18.6. The predicted octanol–water partition coefficient (Wildman–Crippen LogP) is 3.34. The topological polar surface area (TPSA) is 66.4 Å². The zero-order chi connectivity index (χ0) is 16.9. The molecule has 1 amide bonds. The molecule has 0 aliphatic rings. The summed E-state index contributed by atoms with van der Waals surface area (Å²) in [6.45, 7) is 1.45. The van der Waals surface area contributed by atoms with Crippen LogP contribution in [0.3, 0.4) is 0 Å². The summed E-state index contributed by atoms with van der Waals surface area (Å²) in [6.07, 6.45) is -6.31. The van der Waals surface area contributed by atoms with Crippen LogP contribution >= 0.6 is 23.4 Å². The lowest BCUT2D eigenvalue weighted by molar-refractivity contribution is -0.159. The van der Waals surface area contributed by atoms with Gasteiger partial charge in [-0.25, -0.2) is 4.79 Å². The van der Waals surface area contributed by atoms with Crippen LogP contribution in [0.4, 0.5) is 13.2 Å². The van der Waals surface area contributed by atoms with Crippen LogP contribution in [0.1, 0.15) is 13.3 Å². The second-order valence-corrected chi connectivity index (χ2v) is 6.20. The Balaban J connectivity index is 2.69. The Labute approximate surface area is 134 Å². The molecule has 0 fully saturated rings. The normalized spacial score (nSPS) is 14.2. The van der Waals surface area contributed by atoms with Crippen molar-refractivity contribution in [1.29, 1.82) is 0 Å². The fourth-order valence-corrected chi connectivity index (χ4v) is 2.67. The van der Waals surface area contributed by atoms with E-state index in [0.717, 1.165) is 11.8 Å². The van der Waals surface area contributed by atoms with E-state index < -0.39 is 35.8 Å². The fourth-order valence-electron chi connectivity index (χ4n) is 1.50. The van der Waals surface area contributed by atoms with Crippen molar-refractivity contribution >= 4 is 35.2 Å². The molecule has 0 radical (unpaired) electrons. The van der Waals surface area contributed by atoms with Gasteiger partial charge in [0, 0.05) is 4.90 Å². The largest absolute Gasteiger partial charge is 0.480 e. The molecule has 0 aliphatic heterocycles. The van der Waals surface area contributed by atoms with Crippen LogP contribution in [-0.2, 0) is 9.59 Å². The van der Waals surface area contributed by atoms with E-state index in [1.165, 1.54) is 6.92 Å². The molecule has 1 aromatic rings.